The first-order valence-corrected chi connectivity index (χ1v) is 9.09. The Labute approximate surface area is 155 Å². The zero-order valence-corrected chi connectivity index (χ0v) is 15.2. The van der Waals surface area contributed by atoms with Gasteiger partial charge in [-0.3, -0.25) is 4.57 Å². The molecular formula is C18H15Cl2N3S. The van der Waals surface area contributed by atoms with E-state index in [1.807, 2.05) is 59.2 Å². The van der Waals surface area contributed by atoms with Gasteiger partial charge in [0.15, 0.2) is 11.0 Å². The van der Waals surface area contributed by atoms with Crippen LogP contribution >= 0.6 is 35.0 Å². The molecule has 2 aromatic carbocycles. The van der Waals surface area contributed by atoms with Gasteiger partial charge in [-0.2, -0.15) is 0 Å². The number of hydrogen-bond donors (Lipinski definition) is 0. The Bertz CT molecular complexity index is 861. The van der Waals surface area contributed by atoms with E-state index in [1.165, 1.54) is 0 Å². The molecule has 1 heterocycles. The van der Waals surface area contributed by atoms with Crippen LogP contribution in [0, 0.1) is 0 Å². The normalized spacial score (nSPS) is 10.8. The average Bonchev–Trinajstić information content (AvgIpc) is 2.97. The standard InChI is InChI=1S/C18H15Cl2N3S/c1-2-10-23-17(15-8-3-4-9-16(15)20)21-22-18(23)24-12-13-6-5-7-14(19)11-13/h2-9,11H,1,10,12H2. The molecule has 3 nitrogen and oxygen atoms in total. The zero-order chi connectivity index (χ0) is 16.9. The quantitative estimate of drug-likeness (QED) is 0.407. The van der Waals surface area contributed by atoms with E-state index in [-0.39, 0.29) is 0 Å². The molecule has 0 unspecified atom stereocenters. The molecule has 0 N–H and O–H groups in total. The molecule has 122 valence electrons. The van der Waals surface area contributed by atoms with E-state index in [0.717, 1.165) is 32.9 Å². The number of hydrogen-bond acceptors (Lipinski definition) is 3. The smallest absolute Gasteiger partial charge is 0.192 e. The second-order valence-electron chi connectivity index (χ2n) is 5.10. The van der Waals surface area contributed by atoms with Gasteiger partial charge in [-0.05, 0) is 29.8 Å². The number of aromatic nitrogens is 3. The van der Waals surface area contributed by atoms with Crippen molar-refractivity contribution in [3.63, 3.8) is 0 Å². The second kappa shape index (κ2) is 7.88. The summed E-state index contributed by atoms with van der Waals surface area (Å²) in [6, 6.07) is 15.4. The van der Waals surface area contributed by atoms with Crippen molar-refractivity contribution >= 4 is 35.0 Å². The van der Waals surface area contributed by atoms with E-state index in [2.05, 4.69) is 16.8 Å². The highest BCUT2D eigenvalue weighted by Crippen LogP contribution is 2.30. The van der Waals surface area contributed by atoms with E-state index in [1.54, 1.807) is 11.8 Å². The fraction of sp³-hybridized carbons (Fsp3) is 0.111. The molecule has 24 heavy (non-hydrogen) atoms. The number of allylic oxidation sites excluding steroid dienone is 1. The van der Waals surface area contributed by atoms with E-state index in [9.17, 15) is 0 Å². The lowest BCUT2D eigenvalue weighted by Gasteiger charge is -2.09. The average molecular weight is 376 g/mol. The van der Waals surface area contributed by atoms with Crippen molar-refractivity contribution in [2.24, 2.45) is 0 Å². The highest BCUT2D eigenvalue weighted by atomic mass is 35.5. The molecule has 0 atom stereocenters. The van der Waals surface area contributed by atoms with E-state index >= 15 is 0 Å². The molecule has 1 aromatic heterocycles. The van der Waals surface area contributed by atoms with Crippen LogP contribution < -0.4 is 0 Å². The summed E-state index contributed by atoms with van der Waals surface area (Å²) >= 11 is 14.0. The molecule has 0 radical (unpaired) electrons. The first-order chi connectivity index (χ1) is 11.7. The highest BCUT2D eigenvalue weighted by Gasteiger charge is 2.15. The van der Waals surface area contributed by atoms with Gasteiger partial charge in [-0.1, -0.05) is 65.3 Å². The largest absolute Gasteiger partial charge is 0.298 e. The molecule has 0 spiro atoms. The topological polar surface area (TPSA) is 30.7 Å². The minimum absolute atomic E-state index is 0.617. The minimum Gasteiger partial charge on any atom is -0.298 e. The summed E-state index contributed by atoms with van der Waals surface area (Å²) in [6.45, 7) is 4.44. The summed E-state index contributed by atoms with van der Waals surface area (Å²) < 4.78 is 2.02. The molecule has 0 amide bonds. The van der Waals surface area contributed by atoms with Crippen molar-refractivity contribution in [1.82, 2.24) is 14.8 Å². The van der Waals surface area contributed by atoms with Crippen molar-refractivity contribution in [3.05, 3.63) is 76.8 Å². The molecule has 0 bridgehead atoms. The van der Waals surface area contributed by atoms with E-state index < -0.39 is 0 Å². The molecule has 0 aliphatic carbocycles. The molecule has 0 saturated carbocycles. The molecule has 3 aromatic rings. The molecule has 0 aliphatic rings. The molecule has 0 aliphatic heterocycles. The van der Waals surface area contributed by atoms with Crippen LogP contribution in [0.3, 0.4) is 0 Å². The van der Waals surface area contributed by atoms with Gasteiger partial charge in [0.05, 0.1) is 5.02 Å². The van der Waals surface area contributed by atoms with Gasteiger partial charge < -0.3 is 0 Å². The molecule has 3 rings (SSSR count). The maximum Gasteiger partial charge on any atom is 0.192 e. The Morgan fingerprint density at radius 1 is 1.08 bits per heavy atom. The maximum atomic E-state index is 6.30. The van der Waals surface area contributed by atoms with Crippen LogP contribution in [0.5, 0.6) is 0 Å². The highest BCUT2D eigenvalue weighted by molar-refractivity contribution is 7.98. The summed E-state index contributed by atoms with van der Waals surface area (Å²) in [7, 11) is 0. The SMILES string of the molecule is C=CCn1c(SCc2cccc(Cl)c2)nnc1-c1ccccc1Cl. The molecule has 0 fully saturated rings. The Morgan fingerprint density at radius 2 is 1.92 bits per heavy atom. The number of halogens is 2. The third-order valence-electron chi connectivity index (χ3n) is 3.40. The predicted octanol–water partition coefficient (Wildman–Crippen LogP) is 5.73. The Morgan fingerprint density at radius 3 is 2.67 bits per heavy atom. The summed E-state index contributed by atoms with van der Waals surface area (Å²) in [5.74, 6) is 1.51. The van der Waals surface area contributed by atoms with Crippen LogP contribution in [0.2, 0.25) is 10.0 Å². The van der Waals surface area contributed by atoms with Gasteiger partial charge in [0.1, 0.15) is 0 Å². The molecule has 0 saturated heterocycles. The van der Waals surface area contributed by atoms with Crippen LogP contribution in [-0.2, 0) is 12.3 Å². The number of thioether (sulfide) groups is 1. The Hall–Kier alpha value is -1.75. The van der Waals surface area contributed by atoms with Crippen LogP contribution in [-0.4, -0.2) is 14.8 Å². The van der Waals surface area contributed by atoms with E-state index in [4.69, 9.17) is 23.2 Å². The predicted molar refractivity (Wildman–Crippen MR) is 102 cm³/mol. The number of benzene rings is 2. The second-order valence-corrected chi connectivity index (χ2v) is 6.89. The van der Waals surface area contributed by atoms with Crippen molar-refractivity contribution in [1.29, 1.82) is 0 Å². The van der Waals surface area contributed by atoms with Crippen molar-refractivity contribution < 1.29 is 0 Å². The summed E-state index contributed by atoms with van der Waals surface area (Å²) in [4.78, 5) is 0. The number of rotatable bonds is 6. The van der Waals surface area contributed by atoms with E-state index in [0.29, 0.717) is 11.6 Å². The van der Waals surface area contributed by atoms with Gasteiger partial charge in [0.2, 0.25) is 0 Å². The summed E-state index contributed by atoms with van der Waals surface area (Å²) in [6.07, 6.45) is 1.83. The van der Waals surface area contributed by atoms with Crippen LogP contribution in [0.1, 0.15) is 5.56 Å². The lowest BCUT2D eigenvalue weighted by atomic mass is 10.2. The summed E-state index contributed by atoms with van der Waals surface area (Å²) in [5, 5.41) is 10.9. The number of nitrogens with zero attached hydrogens (tertiary/aromatic N) is 3. The maximum absolute atomic E-state index is 6.30. The third kappa shape index (κ3) is 3.83. The van der Waals surface area contributed by atoms with Gasteiger partial charge in [-0.25, -0.2) is 0 Å². The van der Waals surface area contributed by atoms with Crippen LogP contribution in [0.15, 0.2) is 66.3 Å². The fourth-order valence-corrected chi connectivity index (χ4v) is 3.63. The molecule has 6 heteroatoms. The van der Waals surface area contributed by atoms with Gasteiger partial charge >= 0.3 is 0 Å². The van der Waals surface area contributed by atoms with Crippen molar-refractivity contribution in [2.75, 3.05) is 0 Å². The first-order valence-electron chi connectivity index (χ1n) is 7.35. The lowest BCUT2D eigenvalue weighted by molar-refractivity contribution is 0.731. The lowest BCUT2D eigenvalue weighted by Crippen LogP contribution is -2.01. The third-order valence-corrected chi connectivity index (χ3v) is 5.00. The van der Waals surface area contributed by atoms with Crippen molar-refractivity contribution in [2.45, 2.75) is 17.5 Å². The zero-order valence-electron chi connectivity index (χ0n) is 12.8. The Balaban J connectivity index is 1.89. The van der Waals surface area contributed by atoms with Crippen molar-refractivity contribution in [3.8, 4) is 11.4 Å². The van der Waals surface area contributed by atoms with Gasteiger partial charge in [-0.15, -0.1) is 16.8 Å². The summed E-state index contributed by atoms with van der Waals surface area (Å²) in [5.41, 5.74) is 2.00. The Kier molecular flexibility index (Phi) is 5.61. The monoisotopic (exact) mass is 375 g/mol. The van der Waals surface area contributed by atoms with Crippen LogP contribution in [0.4, 0.5) is 0 Å². The van der Waals surface area contributed by atoms with Gasteiger partial charge in [0, 0.05) is 22.9 Å². The van der Waals surface area contributed by atoms with Gasteiger partial charge in [0.25, 0.3) is 0 Å². The minimum atomic E-state index is 0.617. The fourth-order valence-electron chi connectivity index (χ4n) is 2.31. The molecular weight excluding hydrogens is 361 g/mol. The first kappa shape index (κ1) is 17.1. The van der Waals surface area contributed by atoms with Crippen LogP contribution in [0.25, 0.3) is 11.4 Å².